The number of nitriles is 1. The highest BCUT2D eigenvalue weighted by Crippen LogP contribution is 2.45. The molecule has 6 rings (SSSR count). The molecule has 0 aliphatic carbocycles. The van der Waals surface area contributed by atoms with E-state index in [9.17, 15) is 13.7 Å². The van der Waals surface area contributed by atoms with Crippen molar-refractivity contribution in [2.75, 3.05) is 44.4 Å². The van der Waals surface area contributed by atoms with Gasteiger partial charge < -0.3 is 14.7 Å². The molecule has 38 heavy (non-hydrogen) atoms. The Bertz CT molecular complexity index is 1740. The van der Waals surface area contributed by atoms with E-state index in [0.29, 0.717) is 23.3 Å². The lowest BCUT2D eigenvalue weighted by atomic mass is 10.1. The number of fused-ring (bicyclic) bond motifs is 3. The van der Waals surface area contributed by atoms with E-state index in [1.165, 1.54) is 15.1 Å². The molecule has 194 valence electrons. The fraction of sp³-hybridized carbons (Fsp3) is 0.286. The molecule has 0 N–H and O–H groups in total. The molecule has 10 heteroatoms. The van der Waals surface area contributed by atoms with Gasteiger partial charge in [0, 0.05) is 36.4 Å². The van der Waals surface area contributed by atoms with Crippen molar-refractivity contribution in [1.82, 2.24) is 13.8 Å². The minimum Gasteiger partial charge on any atom is -0.353 e. The topological polar surface area (TPSA) is 84.9 Å². The molecule has 4 heterocycles. The zero-order valence-electron chi connectivity index (χ0n) is 21.5. The smallest absolute Gasteiger partial charge is 0.236 e. The molecule has 0 radical (unpaired) electrons. The number of hydrogen-bond donors (Lipinski definition) is 0. The van der Waals surface area contributed by atoms with Gasteiger partial charge in [-0.15, -0.1) is 11.3 Å². The number of rotatable bonds is 3. The first kappa shape index (κ1) is 24.7. The average Bonchev–Trinajstić information content (AvgIpc) is 3.42. The van der Waals surface area contributed by atoms with E-state index in [-0.39, 0.29) is 0 Å². The first-order valence-electron chi connectivity index (χ1n) is 12.5. The Morgan fingerprint density at radius 1 is 1.05 bits per heavy atom. The van der Waals surface area contributed by atoms with Gasteiger partial charge in [0.15, 0.2) is 0 Å². The highest BCUT2D eigenvalue weighted by atomic mass is 32.2. The third-order valence-corrected chi connectivity index (χ3v) is 9.30. The number of aliphatic imine (C=N–C) groups is 1. The maximum atomic E-state index is 13.0. The number of thiophene rings is 1. The summed E-state index contributed by atoms with van der Waals surface area (Å²) in [5.41, 5.74) is 4.56. The van der Waals surface area contributed by atoms with Gasteiger partial charge in [0.05, 0.1) is 52.6 Å². The normalized spacial score (nSPS) is 16.1. The number of likely N-dealkylation sites (N-methyl/N-ethyl adjacent to an activating group) is 1. The third-order valence-electron chi connectivity index (χ3n) is 7.13. The van der Waals surface area contributed by atoms with Crippen LogP contribution in [0.4, 0.5) is 16.4 Å². The van der Waals surface area contributed by atoms with Crippen LogP contribution in [0.15, 0.2) is 59.6 Å². The lowest BCUT2D eigenvalue weighted by molar-refractivity contribution is 0.216. The van der Waals surface area contributed by atoms with Crippen molar-refractivity contribution in [2.24, 2.45) is 4.99 Å². The van der Waals surface area contributed by atoms with Crippen LogP contribution in [0.2, 0.25) is 0 Å². The molecule has 0 bridgehead atoms. The maximum Gasteiger partial charge on any atom is 0.236 e. The maximum absolute atomic E-state index is 13.0. The van der Waals surface area contributed by atoms with E-state index in [0.717, 1.165) is 59.3 Å². The van der Waals surface area contributed by atoms with Gasteiger partial charge in [-0.1, -0.05) is 12.1 Å². The molecule has 1 saturated heterocycles. The van der Waals surface area contributed by atoms with E-state index < -0.39 is 10.0 Å². The number of nitrogens with zero attached hydrogens (tertiary/aromatic N) is 6. The molecule has 0 atom stereocenters. The molecule has 0 spiro atoms. The van der Waals surface area contributed by atoms with Crippen LogP contribution in [0.5, 0.6) is 0 Å². The first-order valence-corrected chi connectivity index (χ1v) is 15.1. The molecule has 0 unspecified atom stereocenters. The summed E-state index contributed by atoms with van der Waals surface area (Å²) >= 11 is 1.70. The van der Waals surface area contributed by atoms with Gasteiger partial charge in [-0.05, 0) is 56.4 Å². The standard InChI is InChI=1S/C28H28N6O2S2/c1-19-14-23-27(32-12-10-31(2)11-13-32)30-24-6-4-5-7-26(24)33(28(23)37-19)18-22-16-21-15-20(17-29)8-9-25(21)34(22)38(3,35)36/h4-9,14-16H,10-13,18H2,1-3H3. The minimum absolute atomic E-state index is 0.332. The second kappa shape index (κ2) is 9.27. The van der Waals surface area contributed by atoms with Gasteiger partial charge in [0.25, 0.3) is 0 Å². The molecule has 1 fully saturated rings. The minimum atomic E-state index is -3.61. The van der Waals surface area contributed by atoms with Crippen molar-refractivity contribution in [3.63, 3.8) is 0 Å². The molecule has 0 amide bonds. The van der Waals surface area contributed by atoms with E-state index in [1.54, 1.807) is 29.5 Å². The summed E-state index contributed by atoms with van der Waals surface area (Å²) in [7, 11) is -1.47. The molecule has 8 nitrogen and oxygen atoms in total. The second-order valence-corrected chi connectivity index (χ2v) is 13.0. The van der Waals surface area contributed by atoms with Crippen LogP contribution < -0.4 is 4.90 Å². The van der Waals surface area contributed by atoms with Gasteiger partial charge in [-0.25, -0.2) is 17.4 Å². The predicted octanol–water partition coefficient (Wildman–Crippen LogP) is 4.67. The van der Waals surface area contributed by atoms with Crippen molar-refractivity contribution in [1.29, 1.82) is 5.26 Å². The summed E-state index contributed by atoms with van der Waals surface area (Å²) in [5.74, 6) is 0.967. The Kier molecular flexibility index (Phi) is 6.02. The molecule has 2 aliphatic heterocycles. The Hall–Kier alpha value is -3.65. The zero-order chi connectivity index (χ0) is 26.6. The monoisotopic (exact) mass is 544 g/mol. The zero-order valence-corrected chi connectivity index (χ0v) is 23.2. The Morgan fingerprint density at radius 3 is 2.55 bits per heavy atom. The van der Waals surface area contributed by atoms with Crippen LogP contribution in [0.25, 0.3) is 10.9 Å². The number of anilines is 2. The van der Waals surface area contributed by atoms with Gasteiger partial charge in [-0.2, -0.15) is 5.26 Å². The fourth-order valence-corrected chi connectivity index (χ4v) is 7.41. The molecule has 4 aromatic rings. The lowest BCUT2D eigenvalue weighted by Gasteiger charge is -2.34. The Balaban J connectivity index is 1.52. The SMILES string of the molecule is Cc1cc2c(s1)N(Cc1cc3cc(C#N)ccc3n1S(C)(=O)=O)c1ccccc1N=C2N1CCN(C)CC1. The Morgan fingerprint density at radius 2 is 1.82 bits per heavy atom. The largest absolute Gasteiger partial charge is 0.353 e. The molecular formula is C28H28N6O2S2. The summed E-state index contributed by atoms with van der Waals surface area (Å²) in [5, 5.41) is 11.2. The summed E-state index contributed by atoms with van der Waals surface area (Å²) in [6.45, 7) is 6.18. The molecule has 0 saturated carbocycles. The number of piperazine rings is 1. The van der Waals surface area contributed by atoms with Gasteiger partial charge >= 0.3 is 0 Å². The summed E-state index contributed by atoms with van der Waals surface area (Å²) in [6.07, 6.45) is 1.22. The molecular weight excluding hydrogens is 516 g/mol. The number of amidine groups is 1. The van der Waals surface area contributed by atoms with E-state index in [4.69, 9.17) is 4.99 Å². The number of benzene rings is 2. The van der Waals surface area contributed by atoms with E-state index >= 15 is 0 Å². The van der Waals surface area contributed by atoms with Gasteiger partial charge in [0.1, 0.15) is 10.8 Å². The molecule has 2 aromatic carbocycles. The quantitative estimate of drug-likeness (QED) is 0.373. The predicted molar refractivity (Wildman–Crippen MR) is 154 cm³/mol. The van der Waals surface area contributed by atoms with Crippen molar-refractivity contribution in [2.45, 2.75) is 13.5 Å². The van der Waals surface area contributed by atoms with Crippen molar-refractivity contribution in [3.05, 3.63) is 76.3 Å². The number of aromatic nitrogens is 1. The summed E-state index contributed by atoms with van der Waals surface area (Å²) in [4.78, 5) is 13.3. The van der Waals surface area contributed by atoms with Crippen LogP contribution >= 0.6 is 11.3 Å². The fourth-order valence-electron chi connectivity index (χ4n) is 5.33. The van der Waals surface area contributed by atoms with Crippen LogP contribution in [-0.2, 0) is 16.6 Å². The summed E-state index contributed by atoms with van der Waals surface area (Å²) < 4.78 is 27.4. The highest BCUT2D eigenvalue weighted by molar-refractivity contribution is 7.89. The summed E-state index contributed by atoms with van der Waals surface area (Å²) in [6, 6.07) is 19.4. The average molecular weight is 545 g/mol. The molecule has 2 aliphatic rings. The van der Waals surface area contributed by atoms with Crippen molar-refractivity contribution < 1.29 is 8.42 Å². The first-order chi connectivity index (χ1) is 18.2. The number of hydrogen-bond acceptors (Lipinski definition) is 8. The number of para-hydroxylation sites is 2. The van der Waals surface area contributed by atoms with Crippen LogP contribution in [0.3, 0.4) is 0 Å². The van der Waals surface area contributed by atoms with Gasteiger partial charge in [0.2, 0.25) is 10.0 Å². The van der Waals surface area contributed by atoms with E-state index in [1.807, 2.05) is 30.3 Å². The van der Waals surface area contributed by atoms with Gasteiger partial charge in [-0.3, -0.25) is 0 Å². The van der Waals surface area contributed by atoms with Crippen molar-refractivity contribution in [3.8, 4) is 6.07 Å². The van der Waals surface area contributed by atoms with Crippen LogP contribution in [0, 0.1) is 18.3 Å². The van der Waals surface area contributed by atoms with Crippen molar-refractivity contribution >= 4 is 54.5 Å². The lowest BCUT2D eigenvalue weighted by Crippen LogP contribution is -2.47. The third kappa shape index (κ3) is 4.26. The van der Waals surface area contributed by atoms with Crippen LogP contribution in [-0.4, -0.2) is 67.5 Å². The Labute approximate surface area is 226 Å². The van der Waals surface area contributed by atoms with Crippen LogP contribution in [0.1, 0.15) is 21.7 Å². The van der Waals surface area contributed by atoms with E-state index in [2.05, 4.69) is 40.8 Å². The second-order valence-electron chi connectivity index (χ2n) is 9.92. The highest BCUT2D eigenvalue weighted by Gasteiger charge is 2.30. The number of aryl methyl sites for hydroxylation is 1. The molecule has 2 aromatic heterocycles.